The van der Waals surface area contributed by atoms with E-state index in [2.05, 4.69) is 15.5 Å². The highest BCUT2D eigenvalue weighted by Gasteiger charge is 2.30. The number of imide groups is 1. The van der Waals surface area contributed by atoms with E-state index in [1.54, 1.807) is 0 Å². The van der Waals surface area contributed by atoms with Crippen LogP contribution < -0.4 is 10.6 Å². The van der Waals surface area contributed by atoms with Crippen molar-refractivity contribution in [2.24, 2.45) is 0 Å². The summed E-state index contributed by atoms with van der Waals surface area (Å²) in [6.07, 6.45) is 1.43. The zero-order chi connectivity index (χ0) is 17.8. The van der Waals surface area contributed by atoms with Gasteiger partial charge in [0, 0.05) is 50.7 Å². The van der Waals surface area contributed by atoms with Gasteiger partial charge in [0.2, 0.25) is 11.8 Å². The van der Waals surface area contributed by atoms with Crippen molar-refractivity contribution in [1.29, 1.82) is 0 Å². The van der Waals surface area contributed by atoms with E-state index < -0.39 is 0 Å². The fourth-order valence-corrected chi connectivity index (χ4v) is 3.15. The van der Waals surface area contributed by atoms with Gasteiger partial charge >= 0.3 is 6.03 Å². The molecule has 25 heavy (non-hydrogen) atoms. The average molecular weight is 348 g/mol. The Morgan fingerprint density at radius 1 is 1.12 bits per heavy atom. The molecule has 2 N–H and O–H groups in total. The predicted molar refractivity (Wildman–Crippen MR) is 89.4 cm³/mol. The number of anilines is 1. The molecule has 0 saturated carbocycles. The number of amides is 4. The summed E-state index contributed by atoms with van der Waals surface area (Å²) < 4.78 is 12.8. The van der Waals surface area contributed by atoms with Crippen molar-refractivity contribution in [2.45, 2.75) is 25.3 Å². The molecule has 134 valence electrons. The molecule has 8 heteroatoms. The SMILES string of the molecule is O=C(Nc1ccc(F)cc1)N[C@@H]1CCN(CCN2C(=O)CCC2=O)C1. The Kier molecular flexibility index (Phi) is 5.28. The average Bonchev–Trinajstić information content (AvgIpc) is 3.14. The van der Waals surface area contributed by atoms with Crippen molar-refractivity contribution in [3.8, 4) is 0 Å². The van der Waals surface area contributed by atoms with Gasteiger partial charge in [-0.15, -0.1) is 0 Å². The summed E-state index contributed by atoms with van der Waals surface area (Å²) in [4.78, 5) is 38.6. The summed E-state index contributed by atoms with van der Waals surface area (Å²) in [5.74, 6) is -0.553. The highest BCUT2D eigenvalue weighted by atomic mass is 19.1. The first-order valence-electron chi connectivity index (χ1n) is 8.40. The monoisotopic (exact) mass is 348 g/mol. The molecule has 1 aromatic carbocycles. The molecule has 0 aliphatic carbocycles. The molecular formula is C17H21FN4O3. The van der Waals surface area contributed by atoms with Crippen molar-refractivity contribution < 1.29 is 18.8 Å². The number of rotatable bonds is 5. The number of benzene rings is 1. The summed E-state index contributed by atoms with van der Waals surface area (Å²) in [6, 6.07) is 5.25. The fraction of sp³-hybridized carbons (Fsp3) is 0.471. The van der Waals surface area contributed by atoms with E-state index in [1.165, 1.54) is 29.2 Å². The third kappa shape index (κ3) is 4.54. The first-order valence-corrected chi connectivity index (χ1v) is 8.40. The van der Waals surface area contributed by atoms with Crippen LogP contribution in [0.3, 0.4) is 0 Å². The number of hydrogen-bond donors (Lipinski definition) is 2. The van der Waals surface area contributed by atoms with Crippen LogP contribution in [0, 0.1) is 5.82 Å². The number of hydrogen-bond acceptors (Lipinski definition) is 4. The summed E-state index contributed by atoms with van der Waals surface area (Å²) in [6.45, 7) is 2.51. The molecular weight excluding hydrogens is 327 g/mol. The molecule has 2 heterocycles. The van der Waals surface area contributed by atoms with E-state index in [4.69, 9.17) is 0 Å². The van der Waals surface area contributed by atoms with Crippen LogP contribution in [0.5, 0.6) is 0 Å². The lowest BCUT2D eigenvalue weighted by atomic mass is 10.3. The van der Waals surface area contributed by atoms with Crippen LogP contribution in [-0.4, -0.2) is 59.9 Å². The van der Waals surface area contributed by atoms with E-state index in [9.17, 15) is 18.8 Å². The number of nitrogens with one attached hydrogen (secondary N) is 2. The minimum atomic E-state index is -0.354. The first kappa shape index (κ1) is 17.3. The number of carbonyl (C=O) groups is 3. The number of carbonyl (C=O) groups excluding carboxylic acids is 3. The first-order chi connectivity index (χ1) is 12.0. The number of likely N-dealkylation sites (tertiary alicyclic amines) is 2. The second-order valence-electron chi connectivity index (χ2n) is 6.33. The highest BCUT2D eigenvalue weighted by molar-refractivity contribution is 6.01. The number of halogens is 1. The Balaban J connectivity index is 1.40. The molecule has 2 saturated heterocycles. The smallest absolute Gasteiger partial charge is 0.319 e. The van der Waals surface area contributed by atoms with Crippen LogP contribution in [0.1, 0.15) is 19.3 Å². The van der Waals surface area contributed by atoms with E-state index in [0.29, 0.717) is 38.2 Å². The maximum absolute atomic E-state index is 12.8. The maximum Gasteiger partial charge on any atom is 0.319 e. The highest BCUT2D eigenvalue weighted by Crippen LogP contribution is 2.14. The lowest BCUT2D eigenvalue weighted by Gasteiger charge is -2.20. The zero-order valence-corrected chi connectivity index (χ0v) is 13.8. The molecule has 4 amide bonds. The third-order valence-electron chi connectivity index (χ3n) is 4.50. The van der Waals surface area contributed by atoms with E-state index >= 15 is 0 Å². The molecule has 0 unspecified atom stereocenters. The van der Waals surface area contributed by atoms with Gasteiger partial charge in [-0.3, -0.25) is 19.4 Å². The molecule has 0 aromatic heterocycles. The molecule has 3 rings (SSSR count). The summed E-state index contributed by atoms with van der Waals surface area (Å²) in [5, 5.41) is 5.55. The lowest BCUT2D eigenvalue weighted by Crippen LogP contribution is -2.41. The van der Waals surface area contributed by atoms with Crippen molar-refractivity contribution in [1.82, 2.24) is 15.1 Å². The predicted octanol–water partition coefficient (Wildman–Crippen LogP) is 1.17. The van der Waals surface area contributed by atoms with Crippen molar-refractivity contribution in [2.75, 3.05) is 31.5 Å². The van der Waals surface area contributed by atoms with Crippen LogP contribution in [0.2, 0.25) is 0 Å². The van der Waals surface area contributed by atoms with Gasteiger partial charge in [-0.2, -0.15) is 0 Å². The fourth-order valence-electron chi connectivity index (χ4n) is 3.15. The Labute approximate surface area is 145 Å². The van der Waals surface area contributed by atoms with Crippen LogP contribution in [0.4, 0.5) is 14.9 Å². The van der Waals surface area contributed by atoms with Gasteiger partial charge in [-0.1, -0.05) is 0 Å². The molecule has 7 nitrogen and oxygen atoms in total. The molecule has 0 radical (unpaired) electrons. The number of nitrogens with zero attached hydrogens (tertiary/aromatic N) is 2. The molecule has 1 atom stereocenters. The molecule has 0 spiro atoms. The van der Waals surface area contributed by atoms with Gasteiger partial charge in [0.25, 0.3) is 0 Å². The third-order valence-corrected chi connectivity index (χ3v) is 4.50. The summed E-state index contributed by atoms with van der Waals surface area (Å²) in [5.41, 5.74) is 0.528. The molecule has 0 bridgehead atoms. The molecule has 2 aliphatic heterocycles. The van der Waals surface area contributed by atoms with Gasteiger partial charge in [-0.25, -0.2) is 9.18 Å². The Hall–Kier alpha value is -2.48. The van der Waals surface area contributed by atoms with Gasteiger partial charge in [-0.05, 0) is 30.7 Å². The summed E-state index contributed by atoms with van der Waals surface area (Å²) in [7, 11) is 0. The van der Waals surface area contributed by atoms with Crippen LogP contribution >= 0.6 is 0 Å². The standard InChI is InChI=1S/C17H21FN4O3/c18-12-1-3-13(4-2-12)19-17(25)20-14-7-8-21(11-14)9-10-22-15(23)5-6-16(22)24/h1-4,14H,5-11H2,(H2,19,20,25)/t14-/m1/s1. The topological polar surface area (TPSA) is 81.8 Å². The van der Waals surface area contributed by atoms with Crippen molar-refractivity contribution in [3.05, 3.63) is 30.1 Å². The van der Waals surface area contributed by atoms with Crippen molar-refractivity contribution in [3.63, 3.8) is 0 Å². The van der Waals surface area contributed by atoms with Gasteiger partial charge in [0.1, 0.15) is 5.82 Å². The quantitative estimate of drug-likeness (QED) is 0.783. The van der Waals surface area contributed by atoms with Crippen LogP contribution in [0.25, 0.3) is 0 Å². The molecule has 2 fully saturated rings. The lowest BCUT2D eigenvalue weighted by molar-refractivity contribution is -0.138. The van der Waals surface area contributed by atoms with E-state index in [1.807, 2.05) is 0 Å². The van der Waals surface area contributed by atoms with E-state index in [-0.39, 0.29) is 29.7 Å². The molecule has 1 aromatic rings. The van der Waals surface area contributed by atoms with Crippen LogP contribution in [0.15, 0.2) is 24.3 Å². The van der Waals surface area contributed by atoms with E-state index in [0.717, 1.165) is 13.0 Å². The normalized spacial score (nSPS) is 21.0. The van der Waals surface area contributed by atoms with Gasteiger partial charge in [0.05, 0.1) is 0 Å². The Morgan fingerprint density at radius 3 is 2.48 bits per heavy atom. The van der Waals surface area contributed by atoms with Crippen molar-refractivity contribution >= 4 is 23.5 Å². The molecule has 2 aliphatic rings. The number of urea groups is 1. The maximum atomic E-state index is 12.8. The second-order valence-corrected chi connectivity index (χ2v) is 6.33. The minimum Gasteiger partial charge on any atom is -0.334 e. The largest absolute Gasteiger partial charge is 0.334 e. The second kappa shape index (κ2) is 7.60. The summed E-state index contributed by atoms with van der Waals surface area (Å²) >= 11 is 0. The van der Waals surface area contributed by atoms with Crippen LogP contribution in [-0.2, 0) is 9.59 Å². The van der Waals surface area contributed by atoms with Gasteiger partial charge < -0.3 is 10.6 Å². The zero-order valence-electron chi connectivity index (χ0n) is 13.8. The van der Waals surface area contributed by atoms with Gasteiger partial charge in [0.15, 0.2) is 0 Å². The Bertz CT molecular complexity index is 648. The minimum absolute atomic E-state index is 0.00503. The Morgan fingerprint density at radius 2 is 1.80 bits per heavy atom.